The van der Waals surface area contributed by atoms with Crippen LogP contribution in [0.3, 0.4) is 0 Å². The lowest BCUT2D eigenvalue weighted by molar-refractivity contribution is -0.226. The highest BCUT2D eigenvalue weighted by molar-refractivity contribution is 6.02. The molecule has 0 aromatic rings. The van der Waals surface area contributed by atoms with E-state index in [4.69, 9.17) is 19.0 Å². The van der Waals surface area contributed by atoms with Crippen molar-refractivity contribution in [3.05, 3.63) is 23.8 Å². The number of allylic oxidation sites excluding steroid dienone is 4. The van der Waals surface area contributed by atoms with Gasteiger partial charge in [-0.1, -0.05) is 45.3 Å². The molecular weight excluding hydrogens is 565 g/mol. The summed E-state index contributed by atoms with van der Waals surface area (Å²) in [5.74, 6) is -2.97. The van der Waals surface area contributed by atoms with Crippen LogP contribution in [-0.2, 0) is 38.2 Å². The first-order chi connectivity index (χ1) is 20.2. The van der Waals surface area contributed by atoms with Gasteiger partial charge in [0.1, 0.15) is 6.17 Å². The van der Waals surface area contributed by atoms with E-state index in [2.05, 4.69) is 0 Å². The molecule has 2 heterocycles. The lowest BCUT2D eigenvalue weighted by Crippen LogP contribution is -2.68. The monoisotopic (exact) mass is 603 g/mol. The molecule has 2 aliphatic heterocycles. The number of Topliss-reactive ketones (excluding diaryl/α,β-unsaturated/α-hetero) is 1. The number of rotatable bonds is 6. The summed E-state index contributed by atoms with van der Waals surface area (Å²) < 4.78 is 33.8. The van der Waals surface area contributed by atoms with Crippen molar-refractivity contribution in [3.8, 4) is 0 Å². The van der Waals surface area contributed by atoms with Gasteiger partial charge in [0.05, 0.1) is 12.2 Å². The zero-order valence-electron chi connectivity index (χ0n) is 24.8. The number of imide groups is 1. The van der Waals surface area contributed by atoms with E-state index in [1.54, 1.807) is 6.08 Å². The molecule has 6 rings (SSSR count). The number of fused-ring (bicyclic) bond motifs is 7. The summed E-state index contributed by atoms with van der Waals surface area (Å²) in [5.41, 5.74) is -4.06. The first-order valence-electron chi connectivity index (χ1n) is 15.1. The van der Waals surface area contributed by atoms with Crippen molar-refractivity contribution in [2.24, 2.45) is 28.1 Å². The van der Waals surface area contributed by atoms with Crippen molar-refractivity contribution in [1.29, 1.82) is 0 Å². The van der Waals surface area contributed by atoms with Crippen LogP contribution in [0.4, 0.5) is 9.18 Å². The molecule has 0 bridgehead atoms. The topological polar surface area (TPSA) is 146 Å². The number of aliphatic hydroxyl groups is 1. The normalized spacial score (nSPS) is 44.8. The van der Waals surface area contributed by atoms with Crippen LogP contribution in [0.15, 0.2) is 23.8 Å². The molecule has 234 valence electrons. The molecule has 5 fully saturated rings. The van der Waals surface area contributed by atoms with Crippen molar-refractivity contribution in [3.63, 3.8) is 0 Å². The van der Waals surface area contributed by atoms with Gasteiger partial charge >= 0.3 is 6.16 Å². The van der Waals surface area contributed by atoms with Gasteiger partial charge in [0.2, 0.25) is 5.78 Å². The Morgan fingerprint density at radius 2 is 1.81 bits per heavy atom. The summed E-state index contributed by atoms with van der Waals surface area (Å²) in [6.45, 7) is 6.83. The zero-order valence-corrected chi connectivity index (χ0v) is 24.8. The molecule has 0 aromatic carbocycles. The number of carbonyl (C=O) groups excluding carboxylic acids is 5. The van der Waals surface area contributed by atoms with E-state index in [0.29, 0.717) is 29.9 Å². The van der Waals surface area contributed by atoms with Crippen LogP contribution in [0.25, 0.3) is 0 Å². The van der Waals surface area contributed by atoms with Gasteiger partial charge in [-0.2, -0.15) is 0 Å². The Kier molecular flexibility index (Phi) is 7.02. The van der Waals surface area contributed by atoms with Gasteiger partial charge in [0.25, 0.3) is 11.8 Å². The smallest absolute Gasteiger partial charge is 0.425 e. The number of carbonyl (C=O) groups is 5. The van der Waals surface area contributed by atoms with Crippen LogP contribution in [0.1, 0.15) is 72.6 Å². The van der Waals surface area contributed by atoms with Gasteiger partial charge in [-0.25, -0.2) is 9.18 Å². The Labute approximate surface area is 248 Å². The minimum absolute atomic E-state index is 0.0620. The highest BCUT2D eigenvalue weighted by Gasteiger charge is 2.78. The average molecular weight is 604 g/mol. The Balaban J connectivity index is 1.32. The molecular formula is C31H38FNO10. The molecule has 6 aliphatic rings. The molecule has 43 heavy (non-hydrogen) atoms. The molecule has 11 nitrogen and oxygen atoms in total. The number of ether oxygens (including phenoxy) is 3. The molecule has 2 amide bonds. The minimum Gasteiger partial charge on any atom is -0.425 e. The van der Waals surface area contributed by atoms with E-state index in [9.17, 15) is 29.1 Å². The maximum Gasteiger partial charge on any atom is 0.534 e. The maximum absolute atomic E-state index is 15.9. The third-order valence-corrected chi connectivity index (χ3v) is 11.6. The molecule has 1 unspecified atom stereocenters. The van der Waals surface area contributed by atoms with Crippen LogP contribution < -0.4 is 0 Å². The Morgan fingerprint density at radius 1 is 1.12 bits per heavy atom. The maximum atomic E-state index is 15.9. The molecule has 2 saturated heterocycles. The predicted molar refractivity (Wildman–Crippen MR) is 144 cm³/mol. The van der Waals surface area contributed by atoms with Crippen LogP contribution in [0, 0.1) is 28.1 Å². The predicted octanol–water partition coefficient (Wildman–Crippen LogP) is 3.28. The summed E-state index contributed by atoms with van der Waals surface area (Å²) in [4.78, 5) is 67.2. The number of aliphatic hydroxyl groups excluding tert-OH is 1. The van der Waals surface area contributed by atoms with Crippen molar-refractivity contribution < 1.29 is 52.5 Å². The highest BCUT2D eigenvalue weighted by Crippen LogP contribution is 2.73. The standard InChI is InChI=1S/C31H38FNO10/c1-5-6-26-41-23-13-17-18-12-20(32)19-11-16(34)9-10-28(19,2)30(18,4)21(35)14-29(17,3)31(23,42-26)22(36)15-40-27(39)43-33-24(37)7-8-25(33)38/h9-11,17-18,20-21,23,26,35H,5-8,12-15H2,1-4H3/t17-,18-,20-,21-,23+,26?,28-,29-,30+,31+/m0/s1. The number of nitrogens with zero attached hydrogens (tertiary/aromatic N) is 1. The fourth-order valence-corrected chi connectivity index (χ4v) is 9.28. The number of hydrogen-bond donors (Lipinski definition) is 1. The third-order valence-electron chi connectivity index (χ3n) is 11.6. The molecule has 0 radical (unpaired) electrons. The fourth-order valence-electron chi connectivity index (χ4n) is 9.28. The van der Waals surface area contributed by atoms with E-state index in [1.807, 2.05) is 27.7 Å². The second-order valence-corrected chi connectivity index (χ2v) is 13.4. The van der Waals surface area contributed by atoms with Crippen molar-refractivity contribution in [1.82, 2.24) is 5.06 Å². The Morgan fingerprint density at radius 3 is 2.49 bits per heavy atom. The summed E-state index contributed by atoms with van der Waals surface area (Å²) >= 11 is 0. The van der Waals surface area contributed by atoms with E-state index in [-0.39, 0.29) is 37.4 Å². The van der Waals surface area contributed by atoms with Gasteiger partial charge in [-0.05, 0) is 55.2 Å². The van der Waals surface area contributed by atoms with Crippen molar-refractivity contribution in [2.45, 2.75) is 103 Å². The second kappa shape index (κ2) is 10.0. The fraction of sp³-hybridized carbons (Fsp3) is 0.710. The first kappa shape index (κ1) is 30.1. The van der Waals surface area contributed by atoms with E-state index in [0.717, 1.165) is 0 Å². The second-order valence-electron chi connectivity index (χ2n) is 13.4. The Hall–Kier alpha value is -2.96. The number of halogens is 1. The molecule has 4 aliphatic carbocycles. The van der Waals surface area contributed by atoms with Gasteiger partial charge in [-0.15, -0.1) is 0 Å². The lowest BCUT2D eigenvalue weighted by Gasteiger charge is -2.66. The summed E-state index contributed by atoms with van der Waals surface area (Å²) in [5, 5.41) is 12.3. The van der Waals surface area contributed by atoms with Crippen LogP contribution in [0.2, 0.25) is 0 Å². The van der Waals surface area contributed by atoms with Crippen molar-refractivity contribution >= 4 is 29.5 Å². The van der Waals surface area contributed by atoms with Crippen LogP contribution in [-0.4, -0.2) is 76.6 Å². The van der Waals surface area contributed by atoms with Gasteiger partial charge in [-0.3, -0.25) is 24.0 Å². The van der Waals surface area contributed by atoms with Gasteiger partial charge in [0.15, 0.2) is 24.3 Å². The van der Waals surface area contributed by atoms with E-state index in [1.165, 1.54) is 12.2 Å². The van der Waals surface area contributed by atoms with Crippen LogP contribution >= 0.6 is 0 Å². The van der Waals surface area contributed by atoms with Gasteiger partial charge in [0, 0.05) is 29.1 Å². The van der Waals surface area contributed by atoms with E-state index >= 15 is 4.39 Å². The number of alkyl halides is 1. The van der Waals surface area contributed by atoms with Gasteiger partial charge < -0.3 is 19.3 Å². The number of amides is 2. The summed E-state index contributed by atoms with van der Waals surface area (Å²) in [6.07, 6.45) is 0.832. The molecule has 0 spiro atoms. The third kappa shape index (κ3) is 3.98. The number of hydrogen-bond acceptors (Lipinski definition) is 10. The summed E-state index contributed by atoms with van der Waals surface area (Å²) in [6, 6.07) is 0. The molecule has 1 N–H and O–H groups in total. The Bertz CT molecular complexity index is 1330. The number of ketones is 2. The molecule has 3 saturated carbocycles. The average Bonchev–Trinajstić information content (AvgIpc) is 3.55. The lowest BCUT2D eigenvalue weighted by atomic mass is 9.39. The van der Waals surface area contributed by atoms with Crippen LogP contribution in [0.5, 0.6) is 0 Å². The zero-order chi connectivity index (χ0) is 31.1. The highest BCUT2D eigenvalue weighted by atomic mass is 19.1. The number of hydroxylamine groups is 2. The van der Waals surface area contributed by atoms with Crippen molar-refractivity contribution in [2.75, 3.05) is 6.61 Å². The SMILES string of the molecule is CCCC1O[C@@H]2C[C@H]3[C@@H]4C[C@H](F)C5=CC(=O)C=C[C@]5(C)[C@@]4(C)[C@@H](O)C[C@]3(C)[C@]2(C(=O)COC(=O)ON2C(=O)CCC2=O)O1. The van der Waals surface area contributed by atoms with E-state index < -0.39 is 82.8 Å². The largest absolute Gasteiger partial charge is 0.534 e. The summed E-state index contributed by atoms with van der Waals surface area (Å²) in [7, 11) is 0. The minimum atomic E-state index is -1.61. The molecule has 10 atom stereocenters. The molecule has 12 heteroatoms. The molecule has 0 aromatic heterocycles. The first-order valence-corrected chi connectivity index (χ1v) is 15.1. The quantitative estimate of drug-likeness (QED) is 0.355.